The number of carbonyl (C=O) groups excluding carboxylic acids is 2. The Morgan fingerprint density at radius 3 is 2.64 bits per heavy atom. The molecule has 0 spiro atoms. The lowest BCUT2D eigenvalue weighted by Gasteiger charge is -2.15. The summed E-state index contributed by atoms with van der Waals surface area (Å²) in [6, 6.07) is 13.2. The summed E-state index contributed by atoms with van der Waals surface area (Å²) in [6.45, 7) is 4.21. The largest absolute Gasteiger partial charge is 0.322 e. The van der Waals surface area contributed by atoms with Gasteiger partial charge in [0.1, 0.15) is 0 Å². The molecule has 112 valence electrons. The number of nitrogens with zero attached hydrogens (tertiary/aromatic N) is 1. The number of carbonyl (C=O) groups is 2. The van der Waals surface area contributed by atoms with E-state index in [1.54, 1.807) is 17.9 Å². The van der Waals surface area contributed by atoms with Gasteiger partial charge in [-0.1, -0.05) is 18.2 Å². The van der Waals surface area contributed by atoms with Crippen LogP contribution in [0.2, 0.25) is 0 Å². The number of amides is 2. The van der Waals surface area contributed by atoms with Crippen LogP contribution < -0.4 is 10.2 Å². The van der Waals surface area contributed by atoms with Gasteiger partial charge in [-0.2, -0.15) is 0 Å². The van der Waals surface area contributed by atoms with Crippen molar-refractivity contribution >= 4 is 23.2 Å². The van der Waals surface area contributed by atoms with E-state index in [0.717, 1.165) is 28.9 Å². The molecule has 0 fully saturated rings. The standard InChI is InChI=1S/C18H18N2O2/c1-12-5-3-4-6-16(12)19-18(22)15-7-8-17-14(11-15)9-10-20(17)13(2)21/h3-8,11H,9-10H2,1-2H3,(H,19,22). The molecule has 0 bridgehead atoms. The normalized spacial score (nSPS) is 12.9. The van der Waals surface area contributed by atoms with Crippen LogP contribution in [0.5, 0.6) is 0 Å². The minimum Gasteiger partial charge on any atom is -0.322 e. The summed E-state index contributed by atoms with van der Waals surface area (Å²) < 4.78 is 0. The van der Waals surface area contributed by atoms with Crippen LogP contribution in [0, 0.1) is 6.92 Å². The fraction of sp³-hybridized carbons (Fsp3) is 0.222. The van der Waals surface area contributed by atoms with Gasteiger partial charge >= 0.3 is 0 Å². The maximum Gasteiger partial charge on any atom is 0.255 e. The Labute approximate surface area is 129 Å². The van der Waals surface area contributed by atoms with Crippen LogP contribution in [0.15, 0.2) is 42.5 Å². The second kappa shape index (κ2) is 5.64. The molecule has 2 aromatic rings. The van der Waals surface area contributed by atoms with Crippen LogP contribution >= 0.6 is 0 Å². The molecule has 0 unspecified atom stereocenters. The van der Waals surface area contributed by atoms with Crippen molar-refractivity contribution in [2.24, 2.45) is 0 Å². The number of rotatable bonds is 2. The zero-order valence-electron chi connectivity index (χ0n) is 12.7. The zero-order valence-corrected chi connectivity index (χ0v) is 12.7. The van der Waals surface area contributed by atoms with Gasteiger partial charge in [-0.25, -0.2) is 0 Å². The van der Waals surface area contributed by atoms with Gasteiger partial charge in [0.05, 0.1) is 0 Å². The van der Waals surface area contributed by atoms with E-state index in [2.05, 4.69) is 5.32 Å². The van der Waals surface area contributed by atoms with Gasteiger partial charge in [0.25, 0.3) is 5.91 Å². The topological polar surface area (TPSA) is 49.4 Å². The molecular weight excluding hydrogens is 276 g/mol. The second-order valence-corrected chi connectivity index (χ2v) is 5.53. The highest BCUT2D eigenvalue weighted by atomic mass is 16.2. The van der Waals surface area contributed by atoms with Crippen LogP contribution in [0.1, 0.15) is 28.4 Å². The molecule has 0 aromatic heterocycles. The third-order valence-electron chi connectivity index (χ3n) is 4.01. The predicted octanol–water partition coefficient (Wildman–Crippen LogP) is 3.16. The molecule has 1 aliphatic heterocycles. The van der Waals surface area contributed by atoms with E-state index < -0.39 is 0 Å². The van der Waals surface area contributed by atoms with E-state index >= 15 is 0 Å². The minimum atomic E-state index is -0.127. The molecule has 0 radical (unpaired) electrons. The summed E-state index contributed by atoms with van der Waals surface area (Å²) in [5, 5.41) is 2.93. The number of aryl methyl sites for hydroxylation is 1. The fourth-order valence-corrected chi connectivity index (χ4v) is 2.78. The molecule has 4 nitrogen and oxygen atoms in total. The van der Waals surface area contributed by atoms with Gasteiger partial charge in [-0.3, -0.25) is 9.59 Å². The molecule has 1 heterocycles. The third-order valence-corrected chi connectivity index (χ3v) is 4.01. The molecule has 4 heteroatoms. The molecule has 0 aliphatic carbocycles. The summed E-state index contributed by atoms with van der Waals surface area (Å²) in [4.78, 5) is 25.7. The van der Waals surface area contributed by atoms with Crippen molar-refractivity contribution in [2.45, 2.75) is 20.3 Å². The van der Waals surface area contributed by atoms with Gasteiger partial charge < -0.3 is 10.2 Å². The monoisotopic (exact) mass is 294 g/mol. The molecule has 0 saturated carbocycles. The van der Waals surface area contributed by atoms with Crippen molar-refractivity contribution in [3.8, 4) is 0 Å². The van der Waals surface area contributed by atoms with Crippen molar-refractivity contribution in [3.63, 3.8) is 0 Å². The lowest BCUT2D eigenvalue weighted by Crippen LogP contribution is -2.25. The molecule has 22 heavy (non-hydrogen) atoms. The first kappa shape index (κ1) is 14.3. The van der Waals surface area contributed by atoms with Gasteiger partial charge in [-0.15, -0.1) is 0 Å². The average molecular weight is 294 g/mol. The first-order valence-electron chi connectivity index (χ1n) is 7.34. The number of nitrogens with one attached hydrogen (secondary N) is 1. The maximum atomic E-state index is 12.4. The quantitative estimate of drug-likeness (QED) is 0.925. The van der Waals surface area contributed by atoms with Crippen LogP contribution in [0.3, 0.4) is 0 Å². The molecular formula is C18H18N2O2. The summed E-state index contributed by atoms with van der Waals surface area (Å²) in [5.74, 6) is -0.0887. The number of fused-ring (bicyclic) bond motifs is 1. The molecule has 0 saturated heterocycles. The lowest BCUT2D eigenvalue weighted by atomic mass is 10.1. The number of benzene rings is 2. The number of hydrogen-bond acceptors (Lipinski definition) is 2. The highest BCUT2D eigenvalue weighted by Crippen LogP contribution is 2.29. The molecule has 3 rings (SSSR count). The molecule has 2 amide bonds. The SMILES string of the molecule is CC(=O)N1CCc2cc(C(=O)Nc3ccccc3C)ccc21. The van der Waals surface area contributed by atoms with E-state index in [9.17, 15) is 9.59 Å². The van der Waals surface area contributed by atoms with E-state index in [1.165, 1.54) is 0 Å². The van der Waals surface area contributed by atoms with Crippen LogP contribution in [-0.2, 0) is 11.2 Å². The van der Waals surface area contributed by atoms with Crippen molar-refractivity contribution < 1.29 is 9.59 Å². The van der Waals surface area contributed by atoms with Crippen molar-refractivity contribution in [1.29, 1.82) is 0 Å². The molecule has 0 atom stereocenters. The Bertz CT molecular complexity index is 753. The lowest BCUT2D eigenvalue weighted by molar-refractivity contribution is -0.116. The summed E-state index contributed by atoms with van der Waals surface area (Å²) >= 11 is 0. The van der Waals surface area contributed by atoms with Gasteiger partial charge in [0, 0.05) is 30.4 Å². The van der Waals surface area contributed by atoms with Crippen LogP contribution in [0.4, 0.5) is 11.4 Å². The number of para-hydroxylation sites is 1. The summed E-state index contributed by atoms with van der Waals surface area (Å²) in [6.07, 6.45) is 0.792. The molecule has 1 aliphatic rings. The Morgan fingerprint density at radius 1 is 1.14 bits per heavy atom. The fourth-order valence-electron chi connectivity index (χ4n) is 2.78. The second-order valence-electron chi connectivity index (χ2n) is 5.53. The minimum absolute atomic E-state index is 0.0378. The van der Waals surface area contributed by atoms with Crippen LogP contribution in [0.25, 0.3) is 0 Å². The first-order chi connectivity index (χ1) is 10.6. The predicted molar refractivity (Wildman–Crippen MR) is 87.3 cm³/mol. The van der Waals surface area contributed by atoms with E-state index in [1.807, 2.05) is 43.3 Å². The van der Waals surface area contributed by atoms with Gasteiger partial charge in [0.2, 0.25) is 5.91 Å². The van der Waals surface area contributed by atoms with Crippen molar-refractivity contribution in [1.82, 2.24) is 0 Å². The number of hydrogen-bond donors (Lipinski definition) is 1. The highest BCUT2D eigenvalue weighted by molar-refractivity contribution is 6.05. The Balaban J connectivity index is 1.83. The van der Waals surface area contributed by atoms with Gasteiger partial charge in [0.15, 0.2) is 0 Å². The average Bonchev–Trinajstić information content (AvgIpc) is 2.92. The molecule has 2 aromatic carbocycles. The molecule has 1 N–H and O–H groups in total. The summed E-state index contributed by atoms with van der Waals surface area (Å²) in [7, 11) is 0. The Hall–Kier alpha value is -2.62. The Morgan fingerprint density at radius 2 is 1.91 bits per heavy atom. The Kier molecular flexibility index (Phi) is 3.67. The summed E-state index contributed by atoms with van der Waals surface area (Å²) in [5.41, 5.74) is 4.43. The van der Waals surface area contributed by atoms with Gasteiger partial charge in [-0.05, 0) is 48.7 Å². The van der Waals surface area contributed by atoms with Crippen molar-refractivity contribution in [2.75, 3.05) is 16.8 Å². The maximum absolute atomic E-state index is 12.4. The number of anilines is 2. The van der Waals surface area contributed by atoms with E-state index in [4.69, 9.17) is 0 Å². The highest BCUT2D eigenvalue weighted by Gasteiger charge is 2.23. The van der Waals surface area contributed by atoms with E-state index in [-0.39, 0.29) is 11.8 Å². The smallest absolute Gasteiger partial charge is 0.255 e. The van der Waals surface area contributed by atoms with Crippen LogP contribution in [-0.4, -0.2) is 18.4 Å². The van der Waals surface area contributed by atoms with E-state index in [0.29, 0.717) is 12.1 Å². The first-order valence-corrected chi connectivity index (χ1v) is 7.34. The van der Waals surface area contributed by atoms with Crippen molar-refractivity contribution in [3.05, 3.63) is 59.2 Å². The zero-order chi connectivity index (χ0) is 15.7. The third kappa shape index (κ3) is 2.60.